The molecule has 1 aliphatic heterocycles. The third kappa shape index (κ3) is 2.53. The van der Waals surface area contributed by atoms with Crippen molar-refractivity contribution in [3.8, 4) is 11.4 Å². The molecule has 106 valence electrons. The molecular formula is C12H14N4O2S2. The van der Waals surface area contributed by atoms with Crippen LogP contribution >= 0.6 is 12.2 Å². The van der Waals surface area contributed by atoms with E-state index in [0.717, 1.165) is 11.4 Å². The van der Waals surface area contributed by atoms with Crippen LogP contribution in [0.15, 0.2) is 24.5 Å². The van der Waals surface area contributed by atoms with Gasteiger partial charge in [-0.2, -0.15) is 5.10 Å². The summed E-state index contributed by atoms with van der Waals surface area (Å²) in [5, 5.41) is 7.07. The minimum absolute atomic E-state index is 0.0768. The zero-order valence-electron chi connectivity index (χ0n) is 10.7. The standard InChI is InChI=1S/C12H14N4O2S2/c17-20(18)7-3-10(4-8-20)16-11(14-15-12(16)19)9-1-5-13-6-2-9/h1-2,5-6,10H,3-4,7-8H2,(H,15,19). The fourth-order valence-corrected chi connectivity index (χ4v) is 4.23. The summed E-state index contributed by atoms with van der Waals surface area (Å²) in [6.07, 6.45) is 4.55. The van der Waals surface area contributed by atoms with E-state index in [1.807, 2.05) is 16.7 Å². The highest BCUT2D eigenvalue weighted by Gasteiger charge is 2.27. The molecule has 20 heavy (non-hydrogen) atoms. The van der Waals surface area contributed by atoms with Gasteiger partial charge in [0.2, 0.25) is 0 Å². The molecule has 0 amide bonds. The van der Waals surface area contributed by atoms with Gasteiger partial charge in [-0.3, -0.25) is 14.6 Å². The van der Waals surface area contributed by atoms with E-state index >= 15 is 0 Å². The second kappa shape index (κ2) is 5.10. The number of sulfone groups is 1. The van der Waals surface area contributed by atoms with E-state index in [4.69, 9.17) is 12.2 Å². The first kappa shape index (κ1) is 13.4. The molecule has 0 saturated carbocycles. The predicted molar refractivity (Wildman–Crippen MR) is 77.6 cm³/mol. The van der Waals surface area contributed by atoms with E-state index in [0.29, 0.717) is 17.6 Å². The summed E-state index contributed by atoms with van der Waals surface area (Å²) < 4.78 is 25.5. The molecule has 2 aromatic heterocycles. The Morgan fingerprint density at radius 1 is 1.25 bits per heavy atom. The summed E-state index contributed by atoms with van der Waals surface area (Å²) in [5.41, 5.74) is 0.917. The van der Waals surface area contributed by atoms with Gasteiger partial charge in [-0.1, -0.05) is 0 Å². The average Bonchev–Trinajstić information content (AvgIpc) is 2.82. The van der Waals surface area contributed by atoms with E-state index in [-0.39, 0.29) is 17.5 Å². The lowest BCUT2D eigenvalue weighted by Crippen LogP contribution is -2.26. The van der Waals surface area contributed by atoms with Crippen molar-refractivity contribution in [2.45, 2.75) is 18.9 Å². The number of aromatic amines is 1. The number of hydrogen-bond acceptors (Lipinski definition) is 5. The number of hydrogen-bond donors (Lipinski definition) is 1. The zero-order valence-corrected chi connectivity index (χ0v) is 12.3. The molecule has 0 aliphatic carbocycles. The smallest absolute Gasteiger partial charge is 0.195 e. The van der Waals surface area contributed by atoms with Gasteiger partial charge in [-0.25, -0.2) is 8.42 Å². The van der Waals surface area contributed by atoms with Crippen LogP contribution in [0, 0.1) is 4.77 Å². The number of H-pyrrole nitrogens is 1. The number of rotatable bonds is 2. The van der Waals surface area contributed by atoms with Gasteiger partial charge in [-0.15, -0.1) is 0 Å². The van der Waals surface area contributed by atoms with Gasteiger partial charge in [0.15, 0.2) is 10.6 Å². The van der Waals surface area contributed by atoms with Crippen LogP contribution in [0.4, 0.5) is 0 Å². The molecule has 1 fully saturated rings. The molecule has 0 bridgehead atoms. The van der Waals surface area contributed by atoms with Gasteiger partial charge >= 0.3 is 0 Å². The summed E-state index contributed by atoms with van der Waals surface area (Å²) in [6.45, 7) is 0. The second-order valence-corrected chi connectivity index (χ2v) is 7.53. The topological polar surface area (TPSA) is 80.6 Å². The van der Waals surface area contributed by atoms with Crippen LogP contribution in [0.5, 0.6) is 0 Å². The Morgan fingerprint density at radius 2 is 1.90 bits per heavy atom. The minimum atomic E-state index is -2.89. The highest BCUT2D eigenvalue weighted by Crippen LogP contribution is 2.28. The van der Waals surface area contributed by atoms with Gasteiger partial charge in [0, 0.05) is 24.0 Å². The zero-order chi connectivity index (χ0) is 14.2. The molecule has 2 aromatic rings. The summed E-state index contributed by atoms with van der Waals surface area (Å²) >= 11 is 5.29. The maximum absolute atomic E-state index is 11.5. The molecule has 0 spiro atoms. The lowest BCUT2D eigenvalue weighted by molar-refractivity contribution is 0.448. The van der Waals surface area contributed by atoms with Crippen molar-refractivity contribution in [2.75, 3.05) is 11.5 Å². The lowest BCUT2D eigenvalue weighted by Gasteiger charge is -2.24. The summed E-state index contributed by atoms with van der Waals surface area (Å²) in [4.78, 5) is 3.99. The van der Waals surface area contributed by atoms with Gasteiger partial charge in [0.25, 0.3) is 0 Å². The third-order valence-corrected chi connectivity index (χ3v) is 5.54. The second-order valence-electron chi connectivity index (χ2n) is 4.84. The number of nitrogens with zero attached hydrogens (tertiary/aromatic N) is 3. The van der Waals surface area contributed by atoms with Crippen molar-refractivity contribution in [1.29, 1.82) is 0 Å². The van der Waals surface area contributed by atoms with E-state index in [9.17, 15) is 8.42 Å². The number of aromatic nitrogens is 4. The van der Waals surface area contributed by atoms with Crippen molar-refractivity contribution in [2.24, 2.45) is 0 Å². The first-order valence-electron chi connectivity index (χ1n) is 6.34. The van der Waals surface area contributed by atoms with Crippen LogP contribution in [0.3, 0.4) is 0 Å². The molecule has 3 heterocycles. The number of nitrogens with one attached hydrogen (secondary N) is 1. The highest BCUT2D eigenvalue weighted by molar-refractivity contribution is 7.91. The molecule has 1 aliphatic rings. The Labute approximate surface area is 121 Å². The Morgan fingerprint density at radius 3 is 2.55 bits per heavy atom. The summed E-state index contributed by atoms with van der Waals surface area (Å²) in [7, 11) is -2.89. The Hall–Kier alpha value is -1.54. The Bertz CT molecular complexity index is 750. The monoisotopic (exact) mass is 310 g/mol. The predicted octanol–water partition coefficient (Wildman–Crippen LogP) is 1.75. The van der Waals surface area contributed by atoms with E-state index in [1.165, 1.54) is 0 Å². The van der Waals surface area contributed by atoms with Crippen LogP contribution in [-0.2, 0) is 9.84 Å². The molecule has 6 nitrogen and oxygen atoms in total. The largest absolute Gasteiger partial charge is 0.297 e. The first-order chi connectivity index (χ1) is 9.57. The molecule has 0 radical (unpaired) electrons. The fraction of sp³-hybridized carbons (Fsp3) is 0.417. The average molecular weight is 310 g/mol. The van der Waals surface area contributed by atoms with Crippen molar-refractivity contribution in [3.05, 3.63) is 29.3 Å². The van der Waals surface area contributed by atoms with E-state index in [1.54, 1.807) is 12.4 Å². The van der Waals surface area contributed by atoms with Gasteiger partial charge in [0.05, 0.1) is 11.5 Å². The quantitative estimate of drug-likeness (QED) is 0.855. The molecule has 0 aromatic carbocycles. The first-order valence-corrected chi connectivity index (χ1v) is 8.57. The van der Waals surface area contributed by atoms with Crippen LogP contribution in [0.1, 0.15) is 18.9 Å². The van der Waals surface area contributed by atoms with Crippen LogP contribution in [0.25, 0.3) is 11.4 Å². The Balaban J connectivity index is 1.99. The van der Waals surface area contributed by atoms with E-state index in [2.05, 4.69) is 15.2 Å². The third-order valence-electron chi connectivity index (χ3n) is 3.53. The molecule has 8 heteroatoms. The maximum Gasteiger partial charge on any atom is 0.195 e. The Kier molecular flexibility index (Phi) is 3.43. The van der Waals surface area contributed by atoms with Crippen molar-refractivity contribution >= 4 is 22.1 Å². The molecule has 1 N–H and O–H groups in total. The van der Waals surface area contributed by atoms with Crippen LogP contribution in [-0.4, -0.2) is 39.7 Å². The molecule has 3 rings (SSSR count). The summed E-state index contributed by atoms with van der Waals surface area (Å²) in [5.74, 6) is 1.16. The molecule has 1 saturated heterocycles. The normalized spacial score (nSPS) is 19.0. The fourth-order valence-electron chi connectivity index (χ4n) is 2.48. The maximum atomic E-state index is 11.5. The lowest BCUT2D eigenvalue weighted by atomic mass is 10.1. The van der Waals surface area contributed by atoms with Crippen molar-refractivity contribution in [3.63, 3.8) is 0 Å². The van der Waals surface area contributed by atoms with Gasteiger partial charge in [0.1, 0.15) is 9.84 Å². The van der Waals surface area contributed by atoms with Crippen molar-refractivity contribution < 1.29 is 8.42 Å². The SMILES string of the molecule is O=S1(=O)CCC(n2c(-c3ccncc3)n[nH]c2=S)CC1. The van der Waals surface area contributed by atoms with E-state index < -0.39 is 9.84 Å². The van der Waals surface area contributed by atoms with Crippen LogP contribution in [0.2, 0.25) is 0 Å². The number of pyridine rings is 1. The minimum Gasteiger partial charge on any atom is -0.297 e. The summed E-state index contributed by atoms with van der Waals surface area (Å²) in [6, 6.07) is 3.80. The van der Waals surface area contributed by atoms with Crippen molar-refractivity contribution in [1.82, 2.24) is 19.7 Å². The highest BCUT2D eigenvalue weighted by atomic mass is 32.2. The molecule has 0 unspecified atom stereocenters. The van der Waals surface area contributed by atoms with Gasteiger partial charge < -0.3 is 0 Å². The molecular weight excluding hydrogens is 296 g/mol. The molecule has 0 atom stereocenters. The van der Waals surface area contributed by atoms with Crippen LogP contribution < -0.4 is 0 Å². The van der Waals surface area contributed by atoms with Gasteiger partial charge in [-0.05, 0) is 37.2 Å².